The summed E-state index contributed by atoms with van der Waals surface area (Å²) in [7, 11) is 0. The van der Waals surface area contributed by atoms with E-state index in [0.717, 1.165) is 4.74 Å². The van der Waals surface area contributed by atoms with Gasteiger partial charge in [-0.1, -0.05) is 12.1 Å². The van der Waals surface area contributed by atoms with E-state index in [1.54, 1.807) is 24.3 Å². The Morgan fingerprint density at radius 1 is 1.38 bits per heavy atom. The number of para-hydroxylation sites is 1. The average molecular weight is 179 g/mol. The van der Waals surface area contributed by atoms with E-state index in [1.165, 1.54) is 0 Å². The van der Waals surface area contributed by atoms with Gasteiger partial charge in [-0.3, -0.25) is 4.79 Å². The molecule has 0 aliphatic carbocycles. The van der Waals surface area contributed by atoms with Crippen LogP contribution in [0.5, 0.6) is 0 Å². The van der Waals surface area contributed by atoms with Crippen LogP contribution in [0.25, 0.3) is 11.0 Å². The van der Waals surface area contributed by atoms with Crippen molar-refractivity contribution in [3.8, 4) is 0 Å². The van der Waals surface area contributed by atoms with E-state index in [1.807, 2.05) is 0 Å². The van der Waals surface area contributed by atoms with E-state index in [0.29, 0.717) is 11.0 Å². The predicted molar refractivity (Wildman–Crippen MR) is 47.6 cm³/mol. The average Bonchev–Trinajstić information content (AvgIpc) is 2.46. The molecule has 0 aliphatic heterocycles. The zero-order chi connectivity index (χ0) is 9.26. The van der Waals surface area contributed by atoms with Crippen molar-refractivity contribution in [1.29, 1.82) is 0 Å². The maximum Gasteiger partial charge on any atom is 0.290 e. The lowest BCUT2D eigenvalue weighted by Gasteiger charge is -1.91. The standard InChI is InChI=1S/C9H9NO3/c11-6-5-10-9(12)7-3-1-2-4-8(7)13-10/h1-4,11H,5-6H2. The number of fused-ring (bicyclic) bond motifs is 1. The molecule has 0 bridgehead atoms. The Hall–Kier alpha value is -1.55. The number of hydrogen-bond acceptors (Lipinski definition) is 3. The van der Waals surface area contributed by atoms with Crippen molar-refractivity contribution in [2.24, 2.45) is 0 Å². The smallest absolute Gasteiger partial charge is 0.290 e. The number of aliphatic hydroxyl groups is 1. The fourth-order valence-electron chi connectivity index (χ4n) is 1.26. The molecule has 1 N–H and O–H groups in total. The highest BCUT2D eigenvalue weighted by molar-refractivity contribution is 5.75. The van der Waals surface area contributed by atoms with Gasteiger partial charge in [-0.15, -0.1) is 0 Å². The van der Waals surface area contributed by atoms with Crippen LogP contribution >= 0.6 is 0 Å². The Morgan fingerprint density at radius 3 is 2.85 bits per heavy atom. The van der Waals surface area contributed by atoms with Crippen LogP contribution < -0.4 is 5.56 Å². The third-order valence-corrected chi connectivity index (χ3v) is 1.86. The lowest BCUT2D eigenvalue weighted by molar-refractivity contribution is 0.203. The molecule has 0 saturated heterocycles. The van der Waals surface area contributed by atoms with Gasteiger partial charge in [0.15, 0.2) is 5.58 Å². The first-order valence-corrected chi connectivity index (χ1v) is 4.02. The summed E-state index contributed by atoms with van der Waals surface area (Å²) in [5, 5.41) is 9.20. The summed E-state index contributed by atoms with van der Waals surface area (Å²) in [5.74, 6) is 0. The van der Waals surface area contributed by atoms with E-state index in [9.17, 15) is 4.79 Å². The lowest BCUT2D eigenvalue weighted by Crippen LogP contribution is -2.15. The second kappa shape index (κ2) is 3.06. The minimum Gasteiger partial charge on any atom is -0.394 e. The lowest BCUT2D eigenvalue weighted by atomic mass is 10.3. The summed E-state index contributed by atoms with van der Waals surface area (Å²) >= 11 is 0. The van der Waals surface area contributed by atoms with Crippen molar-refractivity contribution < 1.29 is 9.63 Å². The summed E-state index contributed by atoms with van der Waals surface area (Å²) in [6.07, 6.45) is 0. The van der Waals surface area contributed by atoms with Crippen molar-refractivity contribution in [1.82, 2.24) is 4.74 Å². The number of rotatable bonds is 2. The molecule has 1 aromatic carbocycles. The highest BCUT2D eigenvalue weighted by atomic mass is 16.5. The third kappa shape index (κ3) is 1.25. The van der Waals surface area contributed by atoms with Crippen molar-refractivity contribution in [3.63, 3.8) is 0 Å². The van der Waals surface area contributed by atoms with Gasteiger partial charge in [0.25, 0.3) is 5.56 Å². The normalized spacial score (nSPS) is 10.8. The molecule has 0 spiro atoms. The van der Waals surface area contributed by atoms with E-state index in [2.05, 4.69) is 0 Å². The van der Waals surface area contributed by atoms with Crippen molar-refractivity contribution in [2.75, 3.05) is 6.61 Å². The van der Waals surface area contributed by atoms with Gasteiger partial charge < -0.3 is 9.63 Å². The molecular formula is C9H9NO3. The molecule has 13 heavy (non-hydrogen) atoms. The molecule has 68 valence electrons. The maximum absolute atomic E-state index is 11.5. The summed E-state index contributed by atoms with van der Waals surface area (Å²) in [5.41, 5.74) is 0.366. The van der Waals surface area contributed by atoms with E-state index in [4.69, 9.17) is 9.63 Å². The van der Waals surface area contributed by atoms with Crippen LogP contribution in [0.1, 0.15) is 0 Å². The molecular weight excluding hydrogens is 170 g/mol. The Morgan fingerprint density at radius 2 is 2.15 bits per heavy atom. The monoisotopic (exact) mass is 179 g/mol. The Bertz CT molecular complexity index is 469. The number of aliphatic hydroxyl groups excluding tert-OH is 1. The molecule has 4 heteroatoms. The van der Waals surface area contributed by atoms with Crippen LogP contribution in [0, 0.1) is 0 Å². The first-order valence-electron chi connectivity index (χ1n) is 4.02. The second-order valence-electron chi connectivity index (χ2n) is 2.72. The molecule has 0 atom stereocenters. The van der Waals surface area contributed by atoms with Crippen LogP contribution in [-0.4, -0.2) is 16.5 Å². The van der Waals surface area contributed by atoms with Crippen LogP contribution in [0.2, 0.25) is 0 Å². The molecule has 0 fully saturated rings. The number of hydrogen-bond donors (Lipinski definition) is 1. The van der Waals surface area contributed by atoms with Gasteiger partial charge in [-0.2, -0.15) is 4.74 Å². The second-order valence-corrected chi connectivity index (χ2v) is 2.72. The van der Waals surface area contributed by atoms with Gasteiger partial charge in [-0.25, -0.2) is 0 Å². The number of aromatic nitrogens is 1. The zero-order valence-electron chi connectivity index (χ0n) is 6.93. The highest BCUT2D eigenvalue weighted by Gasteiger charge is 2.06. The topological polar surface area (TPSA) is 55.4 Å². The molecule has 0 unspecified atom stereocenters. The van der Waals surface area contributed by atoms with Crippen LogP contribution in [0.4, 0.5) is 0 Å². The SMILES string of the molecule is O=c1c2ccccc2on1CCO. The van der Waals surface area contributed by atoms with Crippen molar-refractivity contribution in [3.05, 3.63) is 34.6 Å². The molecule has 1 heterocycles. The predicted octanol–water partition coefficient (Wildman–Crippen LogP) is 0.587. The van der Waals surface area contributed by atoms with Gasteiger partial charge in [0.1, 0.15) is 0 Å². The highest BCUT2D eigenvalue weighted by Crippen LogP contribution is 2.08. The van der Waals surface area contributed by atoms with E-state index in [-0.39, 0.29) is 18.7 Å². The molecule has 1 aromatic heterocycles. The van der Waals surface area contributed by atoms with Gasteiger partial charge in [-0.05, 0) is 12.1 Å². The molecule has 4 nitrogen and oxygen atoms in total. The quantitative estimate of drug-likeness (QED) is 0.733. The summed E-state index contributed by atoms with van der Waals surface area (Å²) in [6, 6.07) is 7.01. The van der Waals surface area contributed by atoms with Gasteiger partial charge in [0, 0.05) is 0 Å². The van der Waals surface area contributed by atoms with E-state index >= 15 is 0 Å². The minimum absolute atomic E-state index is 0.0975. The summed E-state index contributed by atoms with van der Waals surface area (Å²) in [4.78, 5) is 11.5. The van der Waals surface area contributed by atoms with Gasteiger partial charge in [0.2, 0.25) is 0 Å². The fraction of sp³-hybridized carbons (Fsp3) is 0.222. The van der Waals surface area contributed by atoms with E-state index < -0.39 is 0 Å². The number of nitrogens with zero attached hydrogens (tertiary/aromatic N) is 1. The first-order chi connectivity index (χ1) is 6.33. The summed E-state index contributed by atoms with van der Waals surface area (Å²) in [6.45, 7) is 0.104. The largest absolute Gasteiger partial charge is 0.394 e. The van der Waals surface area contributed by atoms with Crippen LogP contribution in [0.3, 0.4) is 0 Å². The third-order valence-electron chi connectivity index (χ3n) is 1.86. The first kappa shape index (κ1) is 8.07. The van der Waals surface area contributed by atoms with Gasteiger partial charge >= 0.3 is 0 Å². The molecule has 0 radical (unpaired) electrons. The Kier molecular flexibility index (Phi) is 1.90. The van der Waals surface area contributed by atoms with Crippen LogP contribution in [-0.2, 0) is 6.54 Å². The molecule has 2 aromatic rings. The Balaban J connectivity index is 2.67. The van der Waals surface area contributed by atoms with Crippen LogP contribution in [0.15, 0.2) is 33.6 Å². The van der Waals surface area contributed by atoms with Crippen molar-refractivity contribution in [2.45, 2.75) is 6.54 Å². The minimum atomic E-state index is -0.190. The Labute approximate surface area is 74.0 Å². The zero-order valence-corrected chi connectivity index (χ0v) is 6.93. The molecule has 2 rings (SSSR count). The molecule has 0 amide bonds. The molecule has 0 saturated carbocycles. The molecule has 0 aliphatic rings. The maximum atomic E-state index is 11.5. The summed E-state index contributed by atoms with van der Waals surface area (Å²) < 4.78 is 6.34. The fourth-order valence-corrected chi connectivity index (χ4v) is 1.26. The number of benzene rings is 1. The van der Waals surface area contributed by atoms with Crippen molar-refractivity contribution >= 4 is 11.0 Å². The van der Waals surface area contributed by atoms with Gasteiger partial charge in [0.05, 0.1) is 18.5 Å².